The van der Waals surface area contributed by atoms with Crippen molar-refractivity contribution in [1.82, 2.24) is 4.31 Å². The summed E-state index contributed by atoms with van der Waals surface area (Å²) < 4.78 is 31.4. The minimum Gasteiger partial charge on any atom is -0.465 e. The van der Waals surface area contributed by atoms with Crippen LogP contribution in [0.4, 0.5) is 0 Å². The average molecular weight is 317 g/mol. The number of hydrogen-bond donors (Lipinski definition) is 0. The van der Waals surface area contributed by atoms with Gasteiger partial charge in [-0.25, -0.2) is 13.2 Å². The molecule has 0 aromatic carbocycles. The maximum atomic E-state index is 12.7. The van der Waals surface area contributed by atoms with Gasteiger partial charge in [0.15, 0.2) is 0 Å². The molecule has 0 aliphatic carbocycles. The van der Waals surface area contributed by atoms with Crippen molar-refractivity contribution in [2.45, 2.75) is 25.7 Å². The van der Waals surface area contributed by atoms with Crippen LogP contribution in [-0.2, 0) is 14.8 Å². The van der Waals surface area contributed by atoms with Crippen LogP contribution in [0.15, 0.2) is 22.4 Å². The fourth-order valence-corrected chi connectivity index (χ4v) is 4.95. The summed E-state index contributed by atoms with van der Waals surface area (Å²) in [5.41, 5.74) is 1.29. The van der Waals surface area contributed by atoms with Gasteiger partial charge in [0.2, 0.25) is 10.0 Å². The summed E-state index contributed by atoms with van der Waals surface area (Å²) in [6.45, 7) is 9.47. The highest BCUT2D eigenvalue weighted by Crippen LogP contribution is 2.30. The second-order valence-electron chi connectivity index (χ2n) is 4.46. The maximum absolute atomic E-state index is 12.7. The number of thiophene rings is 1. The molecular formula is C13H19NO4S2. The molecule has 1 rings (SSSR count). The van der Waals surface area contributed by atoms with Crippen molar-refractivity contribution in [3.63, 3.8) is 0 Å². The Hall–Kier alpha value is -1.18. The summed E-state index contributed by atoms with van der Waals surface area (Å²) in [5, 5.41) is 1.65. The Morgan fingerprint density at radius 3 is 2.55 bits per heavy atom. The zero-order valence-electron chi connectivity index (χ0n) is 12.1. The van der Waals surface area contributed by atoms with E-state index >= 15 is 0 Å². The number of ether oxygens (including phenoxy) is 1. The van der Waals surface area contributed by atoms with Gasteiger partial charge in [0.1, 0.15) is 9.77 Å². The number of carbonyl (C=O) groups is 1. The summed E-state index contributed by atoms with van der Waals surface area (Å²) in [6.07, 6.45) is 0. The van der Waals surface area contributed by atoms with Gasteiger partial charge in [-0.2, -0.15) is 4.31 Å². The van der Waals surface area contributed by atoms with Crippen LogP contribution in [0, 0.1) is 6.92 Å². The van der Waals surface area contributed by atoms with Crippen LogP contribution in [0.5, 0.6) is 0 Å². The predicted molar refractivity (Wildman–Crippen MR) is 79.6 cm³/mol. The van der Waals surface area contributed by atoms with E-state index in [1.54, 1.807) is 26.2 Å². The van der Waals surface area contributed by atoms with Crippen molar-refractivity contribution in [2.75, 3.05) is 20.2 Å². The first-order valence-electron chi connectivity index (χ1n) is 6.06. The highest BCUT2D eigenvalue weighted by molar-refractivity contribution is 7.89. The van der Waals surface area contributed by atoms with E-state index in [1.807, 2.05) is 0 Å². The molecule has 1 aromatic rings. The maximum Gasteiger partial charge on any atom is 0.349 e. The van der Waals surface area contributed by atoms with E-state index in [4.69, 9.17) is 0 Å². The molecule has 0 aliphatic rings. The van der Waals surface area contributed by atoms with Gasteiger partial charge in [-0.3, -0.25) is 0 Å². The van der Waals surface area contributed by atoms with Crippen molar-refractivity contribution in [3.05, 3.63) is 28.0 Å². The Labute approximate surface area is 123 Å². The molecule has 0 amide bonds. The minimum absolute atomic E-state index is 0.0393. The zero-order chi connectivity index (χ0) is 15.5. The topological polar surface area (TPSA) is 63.7 Å². The number of aryl methyl sites for hydroxylation is 1. The van der Waals surface area contributed by atoms with Crippen LogP contribution in [0.25, 0.3) is 0 Å². The Kier molecular flexibility index (Phi) is 5.50. The molecule has 0 N–H and O–H groups in total. The number of hydrogen-bond acceptors (Lipinski definition) is 5. The van der Waals surface area contributed by atoms with Crippen LogP contribution in [0.2, 0.25) is 0 Å². The number of rotatable bonds is 6. The molecule has 0 atom stereocenters. The van der Waals surface area contributed by atoms with E-state index in [0.29, 0.717) is 12.1 Å². The second-order valence-corrected chi connectivity index (χ2v) is 7.21. The molecule has 1 aromatic heterocycles. The monoisotopic (exact) mass is 317 g/mol. The SMILES string of the molecule is C=C(C)CN(CC)S(=O)(=O)c1c(C)csc1C(=O)OC. The number of sulfonamides is 1. The first-order chi connectivity index (χ1) is 9.25. The van der Waals surface area contributed by atoms with E-state index in [0.717, 1.165) is 16.9 Å². The quantitative estimate of drug-likeness (QED) is 0.597. The number of likely N-dealkylation sites (N-methyl/N-ethyl adjacent to an activating group) is 1. The Balaban J connectivity index is 3.38. The third-order valence-electron chi connectivity index (χ3n) is 2.69. The van der Waals surface area contributed by atoms with Gasteiger partial charge in [0, 0.05) is 13.1 Å². The largest absolute Gasteiger partial charge is 0.465 e. The van der Waals surface area contributed by atoms with Crippen molar-refractivity contribution in [1.29, 1.82) is 0 Å². The molecule has 20 heavy (non-hydrogen) atoms. The number of carbonyl (C=O) groups excluding carboxylic acids is 1. The molecule has 0 radical (unpaired) electrons. The summed E-state index contributed by atoms with van der Waals surface area (Å²) in [7, 11) is -2.50. The fraction of sp³-hybridized carbons (Fsp3) is 0.462. The highest BCUT2D eigenvalue weighted by Gasteiger charge is 2.31. The lowest BCUT2D eigenvalue weighted by atomic mass is 10.3. The average Bonchev–Trinajstić information content (AvgIpc) is 2.77. The van der Waals surface area contributed by atoms with Gasteiger partial charge < -0.3 is 4.74 Å². The molecule has 0 saturated heterocycles. The highest BCUT2D eigenvalue weighted by atomic mass is 32.2. The molecule has 1 heterocycles. The number of nitrogens with zero attached hydrogens (tertiary/aromatic N) is 1. The molecule has 7 heteroatoms. The molecule has 0 unspecified atom stereocenters. The standard InChI is InChI=1S/C13H19NO4S2/c1-6-14(7-9(2)3)20(16,17)12-10(4)8-19-11(12)13(15)18-5/h8H,2,6-7H2,1,3-5H3. The second kappa shape index (κ2) is 6.51. The van der Waals surface area contributed by atoms with Crippen molar-refractivity contribution < 1.29 is 17.9 Å². The number of methoxy groups -OCH3 is 1. The summed E-state index contributed by atoms with van der Waals surface area (Å²) in [5.74, 6) is -0.631. The molecule has 0 aliphatic heterocycles. The smallest absolute Gasteiger partial charge is 0.349 e. The Bertz CT molecular complexity index is 616. The van der Waals surface area contributed by atoms with E-state index in [-0.39, 0.29) is 16.3 Å². The van der Waals surface area contributed by atoms with E-state index in [1.165, 1.54) is 11.4 Å². The Morgan fingerprint density at radius 2 is 2.10 bits per heavy atom. The summed E-state index contributed by atoms with van der Waals surface area (Å²) in [6, 6.07) is 0. The van der Waals surface area contributed by atoms with Crippen LogP contribution < -0.4 is 0 Å². The zero-order valence-corrected chi connectivity index (χ0v) is 13.7. The van der Waals surface area contributed by atoms with E-state index in [2.05, 4.69) is 11.3 Å². The lowest BCUT2D eigenvalue weighted by Crippen LogP contribution is -2.33. The Morgan fingerprint density at radius 1 is 1.50 bits per heavy atom. The molecule has 5 nitrogen and oxygen atoms in total. The van der Waals surface area contributed by atoms with Gasteiger partial charge in [0.25, 0.3) is 0 Å². The van der Waals surface area contributed by atoms with Gasteiger partial charge >= 0.3 is 5.97 Å². The van der Waals surface area contributed by atoms with Crippen LogP contribution >= 0.6 is 11.3 Å². The summed E-state index contributed by atoms with van der Waals surface area (Å²) >= 11 is 1.08. The lowest BCUT2D eigenvalue weighted by molar-refractivity contribution is 0.0602. The van der Waals surface area contributed by atoms with E-state index < -0.39 is 16.0 Å². The van der Waals surface area contributed by atoms with Crippen LogP contribution in [0.1, 0.15) is 29.1 Å². The van der Waals surface area contributed by atoms with Gasteiger partial charge in [-0.1, -0.05) is 19.1 Å². The molecule has 0 bridgehead atoms. The third kappa shape index (κ3) is 3.28. The molecule has 0 saturated carbocycles. The normalized spacial score (nSPS) is 11.7. The van der Waals surface area contributed by atoms with Crippen LogP contribution in [0.3, 0.4) is 0 Å². The number of esters is 1. The van der Waals surface area contributed by atoms with Crippen molar-refractivity contribution in [3.8, 4) is 0 Å². The van der Waals surface area contributed by atoms with Gasteiger partial charge in [-0.15, -0.1) is 11.3 Å². The first kappa shape index (κ1) is 16.9. The first-order valence-corrected chi connectivity index (χ1v) is 8.38. The van der Waals surface area contributed by atoms with Gasteiger partial charge in [-0.05, 0) is 24.8 Å². The lowest BCUT2D eigenvalue weighted by Gasteiger charge is -2.21. The molecule has 112 valence electrons. The third-order valence-corrected chi connectivity index (χ3v) is 6.00. The molecular weight excluding hydrogens is 298 g/mol. The van der Waals surface area contributed by atoms with Crippen LogP contribution in [-0.4, -0.2) is 38.9 Å². The van der Waals surface area contributed by atoms with Crippen molar-refractivity contribution in [2.24, 2.45) is 0 Å². The van der Waals surface area contributed by atoms with Crippen molar-refractivity contribution >= 4 is 27.3 Å². The fourth-order valence-electron chi connectivity index (χ4n) is 1.78. The molecule has 0 fully saturated rings. The van der Waals surface area contributed by atoms with Gasteiger partial charge in [0.05, 0.1) is 7.11 Å². The molecule has 0 spiro atoms. The van der Waals surface area contributed by atoms with E-state index in [9.17, 15) is 13.2 Å². The minimum atomic E-state index is -3.74. The predicted octanol–water partition coefficient (Wildman–Crippen LogP) is 2.43. The summed E-state index contributed by atoms with van der Waals surface area (Å²) in [4.78, 5) is 11.9.